The topological polar surface area (TPSA) is 60.5 Å². The zero-order chi connectivity index (χ0) is 19.4. The Morgan fingerprint density at radius 1 is 1.44 bits per heavy atom. The molecule has 2 heterocycles. The second-order valence-electron chi connectivity index (χ2n) is 7.07. The first-order valence-corrected chi connectivity index (χ1v) is 9.12. The van der Waals surface area contributed by atoms with Crippen LogP contribution in [0.2, 0.25) is 0 Å². The summed E-state index contributed by atoms with van der Waals surface area (Å²) in [5.74, 6) is 0.729. The first-order valence-electron chi connectivity index (χ1n) is 9.12. The maximum absolute atomic E-state index is 12.6. The van der Waals surface area contributed by atoms with E-state index < -0.39 is 18.9 Å². The standard InChI is InChI=1S/C19H24F3N3O2/c1-13(26)24-18-10-23-17-5-4-15(9-16(17)18)27-8-6-14-3-2-7-25(11-14)12-19(20,21)22/h9-10,13-14,23-24,26H,2-3,6-8,11-12H2,1H3/t13?,14-/m1/s1. The van der Waals surface area contributed by atoms with Gasteiger partial charge in [0.2, 0.25) is 0 Å². The summed E-state index contributed by atoms with van der Waals surface area (Å²) in [6, 6.07) is 7.71. The van der Waals surface area contributed by atoms with Crippen molar-refractivity contribution in [2.45, 2.75) is 38.6 Å². The highest BCUT2D eigenvalue weighted by molar-refractivity contribution is 5.92. The van der Waals surface area contributed by atoms with Gasteiger partial charge < -0.3 is 20.1 Å². The van der Waals surface area contributed by atoms with Crippen molar-refractivity contribution in [3.8, 4) is 5.75 Å². The molecule has 0 aliphatic carbocycles. The molecule has 0 amide bonds. The number of alkyl halides is 3. The van der Waals surface area contributed by atoms with Crippen molar-refractivity contribution in [1.29, 1.82) is 0 Å². The molecule has 0 spiro atoms. The third-order valence-electron chi connectivity index (χ3n) is 4.66. The minimum Gasteiger partial charge on any atom is -0.485 e. The Bertz CT molecular complexity index is 745. The molecule has 1 saturated heterocycles. The predicted octanol–water partition coefficient (Wildman–Crippen LogP) is 3.56. The fourth-order valence-corrected chi connectivity index (χ4v) is 3.52. The summed E-state index contributed by atoms with van der Waals surface area (Å²) in [6.07, 6.45) is -0.692. The Kier molecular flexibility index (Phi) is 6.02. The van der Waals surface area contributed by atoms with Crippen molar-refractivity contribution in [1.82, 2.24) is 9.88 Å². The number of piperidine rings is 1. The third-order valence-corrected chi connectivity index (χ3v) is 4.66. The van der Waals surface area contributed by atoms with Gasteiger partial charge in [-0.3, -0.25) is 4.90 Å². The molecule has 0 saturated carbocycles. The summed E-state index contributed by atoms with van der Waals surface area (Å²) in [5, 5.41) is 13.2. The highest BCUT2D eigenvalue weighted by Gasteiger charge is 2.32. The second kappa shape index (κ2) is 8.28. The fraction of sp³-hybridized carbons (Fsp3) is 0.579. The van der Waals surface area contributed by atoms with Crippen LogP contribution in [0.4, 0.5) is 18.9 Å². The molecule has 1 aliphatic heterocycles. The highest BCUT2D eigenvalue weighted by atomic mass is 19.4. The van der Waals surface area contributed by atoms with Crippen molar-refractivity contribution >= 4 is 16.6 Å². The fourth-order valence-electron chi connectivity index (χ4n) is 3.52. The van der Waals surface area contributed by atoms with Crippen LogP contribution in [0.15, 0.2) is 12.3 Å². The normalized spacial score (nSPS) is 19.7. The lowest BCUT2D eigenvalue weighted by molar-refractivity contribution is -0.149. The van der Waals surface area contributed by atoms with Gasteiger partial charge in [0.1, 0.15) is 6.23 Å². The van der Waals surface area contributed by atoms with E-state index in [2.05, 4.69) is 22.4 Å². The van der Waals surface area contributed by atoms with Crippen molar-refractivity contribution in [2.24, 2.45) is 5.92 Å². The summed E-state index contributed by atoms with van der Waals surface area (Å²) in [4.78, 5) is 4.52. The molecule has 1 aromatic heterocycles. The molecule has 0 radical (unpaired) electrons. The van der Waals surface area contributed by atoms with Crippen LogP contribution in [0.1, 0.15) is 26.2 Å². The van der Waals surface area contributed by atoms with Gasteiger partial charge in [0.05, 0.1) is 24.4 Å². The number of aromatic amines is 1. The number of hydrogen-bond donors (Lipinski definition) is 3. The smallest absolute Gasteiger partial charge is 0.401 e. The van der Waals surface area contributed by atoms with Crippen molar-refractivity contribution < 1.29 is 23.0 Å². The van der Waals surface area contributed by atoms with Crippen LogP contribution >= 0.6 is 0 Å². The number of halogens is 3. The number of aliphatic hydroxyl groups is 1. The maximum atomic E-state index is 12.6. The van der Waals surface area contributed by atoms with Gasteiger partial charge in [0.15, 0.2) is 5.75 Å². The van der Waals surface area contributed by atoms with E-state index in [1.807, 2.05) is 6.07 Å². The van der Waals surface area contributed by atoms with E-state index in [1.165, 1.54) is 4.90 Å². The number of ether oxygens (including phenoxy) is 1. The average Bonchev–Trinajstić information content (AvgIpc) is 2.95. The van der Waals surface area contributed by atoms with Gasteiger partial charge in [-0.25, -0.2) is 0 Å². The van der Waals surface area contributed by atoms with Crippen LogP contribution in [-0.4, -0.2) is 53.6 Å². The van der Waals surface area contributed by atoms with E-state index in [9.17, 15) is 18.3 Å². The minimum absolute atomic E-state index is 0.202. The van der Waals surface area contributed by atoms with E-state index in [0.717, 1.165) is 29.4 Å². The summed E-state index contributed by atoms with van der Waals surface area (Å²) < 4.78 is 43.4. The van der Waals surface area contributed by atoms with E-state index in [-0.39, 0.29) is 5.92 Å². The van der Waals surface area contributed by atoms with Crippen LogP contribution in [0.3, 0.4) is 0 Å². The zero-order valence-corrected chi connectivity index (χ0v) is 15.2. The number of aromatic nitrogens is 1. The summed E-state index contributed by atoms with van der Waals surface area (Å²) >= 11 is 0. The van der Waals surface area contributed by atoms with Gasteiger partial charge in [-0.1, -0.05) is 0 Å². The SMILES string of the molecule is CC(O)Nc1c[nH]c2c#cc(OCC[C@H]3CCCN(CC(F)(F)F)C3)cc12. The summed E-state index contributed by atoms with van der Waals surface area (Å²) in [7, 11) is 0. The molecule has 1 aromatic carbocycles. The van der Waals surface area contributed by atoms with Gasteiger partial charge in [-0.2, -0.15) is 13.2 Å². The number of anilines is 1. The largest absolute Gasteiger partial charge is 0.485 e. The number of H-pyrrole nitrogens is 1. The monoisotopic (exact) mass is 383 g/mol. The lowest BCUT2D eigenvalue weighted by Crippen LogP contribution is -2.41. The number of nitrogens with one attached hydrogen (secondary N) is 2. The lowest BCUT2D eigenvalue weighted by atomic mass is 9.95. The quantitative estimate of drug-likeness (QED) is 0.640. The van der Waals surface area contributed by atoms with Gasteiger partial charge in [-0.05, 0) is 50.8 Å². The van der Waals surface area contributed by atoms with Gasteiger partial charge in [0, 0.05) is 24.2 Å². The highest BCUT2D eigenvalue weighted by Crippen LogP contribution is 2.27. The van der Waals surface area contributed by atoms with Crippen LogP contribution in [0, 0.1) is 18.1 Å². The summed E-state index contributed by atoms with van der Waals surface area (Å²) in [6.45, 7) is 2.17. The number of hydrogen-bond acceptors (Lipinski definition) is 4. The minimum atomic E-state index is -4.15. The number of fused-ring (bicyclic) bond motifs is 1. The summed E-state index contributed by atoms with van der Waals surface area (Å²) in [5.41, 5.74) is 1.49. The maximum Gasteiger partial charge on any atom is 0.401 e. The molecule has 148 valence electrons. The molecule has 2 aromatic rings. The van der Waals surface area contributed by atoms with Crippen LogP contribution in [0.5, 0.6) is 5.75 Å². The Balaban J connectivity index is 1.52. The first kappa shape index (κ1) is 19.6. The number of nitrogens with zero attached hydrogens (tertiary/aromatic N) is 1. The zero-order valence-electron chi connectivity index (χ0n) is 15.2. The molecule has 5 nitrogen and oxygen atoms in total. The van der Waals surface area contributed by atoms with E-state index in [4.69, 9.17) is 4.74 Å². The third kappa shape index (κ3) is 5.68. The Hall–Kier alpha value is -2.11. The van der Waals surface area contributed by atoms with Crippen LogP contribution in [0.25, 0.3) is 10.9 Å². The van der Waals surface area contributed by atoms with Crippen molar-refractivity contribution in [3.05, 3.63) is 24.4 Å². The first-order chi connectivity index (χ1) is 12.8. The number of aliphatic hydroxyl groups excluding tert-OH is 1. The molecule has 3 rings (SSSR count). The second-order valence-corrected chi connectivity index (χ2v) is 7.07. The predicted molar refractivity (Wildman–Crippen MR) is 96.6 cm³/mol. The van der Waals surface area contributed by atoms with Crippen molar-refractivity contribution in [2.75, 3.05) is 31.6 Å². The molecule has 1 unspecified atom stereocenters. The molecular weight excluding hydrogens is 359 g/mol. The lowest BCUT2D eigenvalue weighted by Gasteiger charge is -2.33. The van der Waals surface area contributed by atoms with Crippen LogP contribution in [-0.2, 0) is 0 Å². The van der Waals surface area contributed by atoms with E-state index >= 15 is 0 Å². The molecule has 8 heteroatoms. The molecule has 0 bridgehead atoms. The van der Waals surface area contributed by atoms with Gasteiger partial charge in [-0.15, -0.1) is 0 Å². The van der Waals surface area contributed by atoms with Crippen molar-refractivity contribution in [3.63, 3.8) is 0 Å². The van der Waals surface area contributed by atoms with Gasteiger partial charge in [0.25, 0.3) is 0 Å². The molecular formula is C19H24F3N3O2. The Labute approximate surface area is 156 Å². The number of rotatable bonds is 7. The number of likely N-dealkylation sites (tertiary alicyclic amines) is 1. The molecule has 2 atom stereocenters. The van der Waals surface area contributed by atoms with Crippen LogP contribution < -0.4 is 10.1 Å². The van der Waals surface area contributed by atoms with Gasteiger partial charge >= 0.3 is 6.18 Å². The molecule has 1 aliphatic rings. The molecule has 3 N–H and O–H groups in total. The molecule has 1 fully saturated rings. The average molecular weight is 383 g/mol. The van der Waals surface area contributed by atoms with E-state index in [1.54, 1.807) is 13.1 Å². The van der Waals surface area contributed by atoms with E-state index in [0.29, 0.717) is 31.9 Å². The molecule has 27 heavy (non-hydrogen) atoms. The Morgan fingerprint density at radius 3 is 3.00 bits per heavy atom. The Morgan fingerprint density at radius 2 is 2.26 bits per heavy atom.